The predicted molar refractivity (Wildman–Crippen MR) is 71.1 cm³/mol. The number of carbonyl (C=O) groups is 1. The fraction of sp³-hybridized carbons (Fsp3) is 0.923. The van der Waals surface area contributed by atoms with E-state index in [1.165, 1.54) is 6.42 Å². The number of likely N-dealkylation sites (tertiary alicyclic amines) is 1. The standard InChI is InChI=1S/C13H27N3O/c1-4-14-12-8-7-11-16(13(12)17)10-6-5-9-15(2)3/h12,14H,4-11H2,1-3H3. The molecule has 1 aliphatic rings. The molecule has 1 saturated heterocycles. The van der Waals surface area contributed by atoms with Gasteiger partial charge in [0.05, 0.1) is 6.04 Å². The number of carbonyl (C=O) groups excluding carboxylic acids is 1. The van der Waals surface area contributed by atoms with Crippen LogP contribution in [0.25, 0.3) is 0 Å². The van der Waals surface area contributed by atoms with Gasteiger partial charge in [-0.2, -0.15) is 0 Å². The number of nitrogens with zero attached hydrogens (tertiary/aromatic N) is 2. The molecule has 0 aliphatic carbocycles. The summed E-state index contributed by atoms with van der Waals surface area (Å²) in [7, 11) is 4.18. The summed E-state index contributed by atoms with van der Waals surface area (Å²) < 4.78 is 0. The van der Waals surface area contributed by atoms with Gasteiger partial charge in [-0.15, -0.1) is 0 Å². The minimum Gasteiger partial charge on any atom is -0.341 e. The second-order valence-electron chi connectivity index (χ2n) is 5.09. The Bertz CT molecular complexity index is 229. The van der Waals surface area contributed by atoms with Gasteiger partial charge in [0, 0.05) is 13.1 Å². The number of hydrogen-bond donors (Lipinski definition) is 1. The van der Waals surface area contributed by atoms with E-state index in [9.17, 15) is 4.79 Å². The molecule has 0 aromatic heterocycles. The normalized spacial score (nSPS) is 21.3. The van der Waals surface area contributed by atoms with Gasteiger partial charge in [-0.05, 0) is 52.9 Å². The van der Waals surface area contributed by atoms with Crippen LogP contribution in [0.15, 0.2) is 0 Å². The quantitative estimate of drug-likeness (QED) is 0.674. The average Bonchev–Trinajstić information content (AvgIpc) is 2.29. The average molecular weight is 241 g/mol. The highest BCUT2D eigenvalue weighted by atomic mass is 16.2. The topological polar surface area (TPSA) is 35.6 Å². The van der Waals surface area contributed by atoms with Gasteiger partial charge in [0.25, 0.3) is 0 Å². The SMILES string of the molecule is CCNC1CCCN(CCCCN(C)C)C1=O. The molecule has 0 radical (unpaired) electrons. The Morgan fingerprint density at radius 2 is 2.18 bits per heavy atom. The number of hydrogen-bond acceptors (Lipinski definition) is 3. The van der Waals surface area contributed by atoms with Crippen molar-refractivity contribution in [2.75, 3.05) is 40.3 Å². The first-order valence-electron chi connectivity index (χ1n) is 6.82. The van der Waals surface area contributed by atoms with Gasteiger partial charge >= 0.3 is 0 Å². The van der Waals surface area contributed by atoms with Crippen LogP contribution < -0.4 is 5.32 Å². The van der Waals surface area contributed by atoms with Crippen molar-refractivity contribution >= 4 is 5.91 Å². The van der Waals surface area contributed by atoms with E-state index in [0.717, 1.165) is 45.4 Å². The Morgan fingerprint density at radius 1 is 1.41 bits per heavy atom. The molecule has 1 N–H and O–H groups in total. The van der Waals surface area contributed by atoms with Crippen LogP contribution in [0.1, 0.15) is 32.6 Å². The third-order valence-corrected chi connectivity index (χ3v) is 3.26. The summed E-state index contributed by atoms with van der Waals surface area (Å²) in [6.07, 6.45) is 4.42. The van der Waals surface area contributed by atoms with Crippen molar-refractivity contribution in [2.45, 2.75) is 38.6 Å². The lowest BCUT2D eigenvalue weighted by atomic mass is 10.0. The first kappa shape index (κ1) is 14.5. The van der Waals surface area contributed by atoms with Crippen molar-refractivity contribution in [3.8, 4) is 0 Å². The molecular weight excluding hydrogens is 214 g/mol. The zero-order valence-electron chi connectivity index (χ0n) is 11.5. The van der Waals surface area contributed by atoms with E-state index in [1.54, 1.807) is 0 Å². The van der Waals surface area contributed by atoms with Crippen LogP contribution in [0, 0.1) is 0 Å². The summed E-state index contributed by atoms with van der Waals surface area (Å²) in [6, 6.07) is 0.0719. The molecule has 1 rings (SSSR count). The largest absolute Gasteiger partial charge is 0.341 e. The minimum absolute atomic E-state index is 0.0719. The highest BCUT2D eigenvalue weighted by molar-refractivity contribution is 5.82. The summed E-state index contributed by atoms with van der Waals surface area (Å²) >= 11 is 0. The summed E-state index contributed by atoms with van der Waals surface area (Å²) in [6.45, 7) is 5.92. The maximum absolute atomic E-state index is 12.1. The molecule has 1 fully saturated rings. The molecule has 100 valence electrons. The molecular formula is C13H27N3O. The molecule has 1 unspecified atom stereocenters. The van der Waals surface area contributed by atoms with Crippen LogP contribution >= 0.6 is 0 Å². The molecule has 4 heteroatoms. The summed E-state index contributed by atoms with van der Waals surface area (Å²) in [5, 5.41) is 3.27. The predicted octanol–water partition coefficient (Wildman–Crippen LogP) is 0.929. The minimum atomic E-state index is 0.0719. The Kier molecular flexibility index (Phi) is 6.52. The van der Waals surface area contributed by atoms with Crippen LogP contribution in [0.2, 0.25) is 0 Å². The fourth-order valence-electron chi connectivity index (χ4n) is 2.33. The summed E-state index contributed by atoms with van der Waals surface area (Å²) in [4.78, 5) is 16.3. The zero-order chi connectivity index (χ0) is 12.7. The molecule has 1 atom stereocenters. The van der Waals surface area contributed by atoms with E-state index >= 15 is 0 Å². The van der Waals surface area contributed by atoms with Crippen molar-refractivity contribution in [1.82, 2.24) is 15.1 Å². The fourth-order valence-corrected chi connectivity index (χ4v) is 2.33. The molecule has 4 nitrogen and oxygen atoms in total. The molecule has 0 saturated carbocycles. The van der Waals surface area contributed by atoms with Gasteiger partial charge in [-0.25, -0.2) is 0 Å². The van der Waals surface area contributed by atoms with Gasteiger partial charge in [-0.1, -0.05) is 6.92 Å². The second kappa shape index (κ2) is 7.67. The third-order valence-electron chi connectivity index (χ3n) is 3.26. The number of unbranched alkanes of at least 4 members (excludes halogenated alkanes) is 1. The number of nitrogens with one attached hydrogen (secondary N) is 1. The van der Waals surface area contributed by atoms with Crippen molar-refractivity contribution in [1.29, 1.82) is 0 Å². The van der Waals surface area contributed by atoms with E-state index < -0.39 is 0 Å². The molecule has 0 spiro atoms. The van der Waals surface area contributed by atoms with Gasteiger partial charge in [0.1, 0.15) is 0 Å². The van der Waals surface area contributed by atoms with Gasteiger partial charge in [0.15, 0.2) is 0 Å². The molecule has 0 aromatic rings. The first-order chi connectivity index (χ1) is 8.15. The van der Waals surface area contributed by atoms with Crippen LogP contribution in [-0.4, -0.2) is 62.0 Å². The van der Waals surface area contributed by atoms with E-state index in [0.29, 0.717) is 5.91 Å². The van der Waals surface area contributed by atoms with Crippen molar-refractivity contribution in [3.05, 3.63) is 0 Å². The number of amides is 1. The van der Waals surface area contributed by atoms with Gasteiger partial charge in [-0.3, -0.25) is 4.79 Å². The lowest BCUT2D eigenvalue weighted by Crippen LogP contribution is -2.50. The van der Waals surface area contributed by atoms with Gasteiger partial charge < -0.3 is 15.1 Å². The molecule has 17 heavy (non-hydrogen) atoms. The first-order valence-corrected chi connectivity index (χ1v) is 6.82. The van der Waals surface area contributed by atoms with Crippen LogP contribution in [0.3, 0.4) is 0 Å². The number of piperidine rings is 1. The lowest BCUT2D eigenvalue weighted by molar-refractivity contribution is -0.136. The molecule has 1 aliphatic heterocycles. The Labute approximate surface area is 105 Å². The molecule has 0 bridgehead atoms. The Balaban J connectivity index is 2.25. The molecule has 1 heterocycles. The Morgan fingerprint density at radius 3 is 2.82 bits per heavy atom. The van der Waals surface area contributed by atoms with Crippen LogP contribution in [-0.2, 0) is 4.79 Å². The van der Waals surface area contributed by atoms with Crippen molar-refractivity contribution < 1.29 is 4.79 Å². The maximum Gasteiger partial charge on any atom is 0.239 e. The number of likely N-dealkylation sites (N-methyl/N-ethyl adjacent to an activating group) is 1. The Hall–Kier alpha value is -0.610. The van der Waals surface area contributed by atoms with Crippen LogP contribution in [0.5, 0.6) is 0 Å². The van der Waals surface area contributed by atoms with Crippen molar-refractivity contribution in [3.63, 3.8) is 0 Å². The third kappa shape index (κ3) is 5.04. The summed E-state index contributed by atoms with van der Waals surface area (Å²) in [5.41, 5.74) is 0. The maximum atomic E-state index is 12.1. The molecule has 0 aromatic carbocycles. The number of rotatable bonds is 7. The van der Waals surface area contributed by atoms with Crippen molar-refractivity contribution in [2.24, 2.45) is 0 Å². The molecule has 1 amide bonds. The van der Waals surface area contributed by atoms with Gasteiger partial charge in [0.2, 0.25) is 5.91 Å². The van der Waals surface area contributed by atoms with E-state index in [-0.39, 0.29) is 6.04 Å². The highest BCUT2D eigenvalue weighted by Crippen LogP contribution is 2.12. The second-order valence-corrected chi connectivity index (χ2v) is 5.09. The zero-order valence-corrected chi connectivity index (χ0v) is 11.5. The van der Waals surface area contributed by atoms with Crippen LogP contribution in [0.4, 0.5) is 0 Å². The smallest absolute Gasteiger partial charge is 0.239 e. The lowest BCUT2D eigenvalue weighted by Gasteiger charge is -2.32. The van der Waals surface area contributed by atoms with E-state index in [2.05, 4.69) is 31.2 Å². The highest BCUT2D eigenvalue weighted by Gasteiger charge is 2.27. The monoisotopic (exact) mass is 241 g/mol. The summed E-state index contributed by atoms with van der Waals surface area (Å²) in [5.74, 6) is 0.308. The van der Waals surface area contributed by atoms with E-state index in [1.807, 2.05) is 4.90 Å². The van der Waals surface area contributed by atoms with E-state index in [4.69, 9.17) is 0 Å².